The predicted molar refractivity (Wildman–Crippen MR) is 86.2 cm³/mol. The van der Waals surface area contributed by atoms with Crippen molar-refractivity contribution in [3.8, 4) is 0 Å². The van der Waals surface area contributed by atoms with Gasteiger partial charge in [-0.15, -0.1) is 0 Å². The molecule has 0 unspecified atom stereocenters. The lowest BCUT2D eigenvalue weighted by molar-refractivity contribution is -0.115. The zero-order valence-electron chi connectivity index (χ0n) is 9.86. The molecule has 19 heavy (non-hydrogen) atoms. The molecular weight excluding hydrogens is 375 g/mol. The largest absolute Gasteiger partial charge is 0.330 e. The Morgan fingerprint density at radius 1 is 1.16 bits per heavy atom. The van der Waals surface area contributed by atoms with Crippen molar-refractivity contribution in [3.63, 3.8) is 0 Å². The van der Waals surface area contributed by atoms with Crippen molar-refractivity contribution in [3.05, 3.63) is 51.1 Å². The number of nitrogens with one attached hydrogen (secondary N) is 1. The summed E-state index contributed by atoms with van der Waals surface area (Å²) >= 11 is 8.13. The van der Waals surface area contributed by atoms with Crippen LogP contribution in [0.3, 0.4) is 0 Å². The summed E-state index contributed by atoms with van der Waals surface area (Å²) < 4.78 is 1.09. The van der Waals surface area contributed by atoms with Crippen LogP contribution in [0.4, 0.5) is 17.1 Å². The van der Waals surface area contributed by atoms with Gasteiger partial charge in [-0.3, -0.25) is 4.79 Å². The second-order valence-electron chi connectivity index (χ2n) is 4.27. The highest BCUT2D eigenvalue weighted by molar-refractivity contribution is 14.1. The maximum Gasteiger partial charge on any atom is 0.244 e. The van der Waals surface area contributed by atoms with Crippen molar-refractivity contribution in [2.45, 2.75) is 0 Å². The number of halogens is 2. The van der Waals surface area contributed by atoms with Gasteiger partial charge in [0.1, 0.15) is 6.54 Å². The van der Waals surface area contributed by atoms with E-state index >= 15 is 0 Å². The Hall–Kier alpha value is -1.27. The van der Waals surface area contributed by atoms with Gasteiger partial charge < -0.3 is 10.2 Å². The highest BCUT2D eigenvalue weighted by Gasteiger charge is 2.23. The van der Waals surface area contributed by atoms with Crippen LogP contribution in [0, 0.1) is 3.57 Å². The Bertz CT molecular complexity index is 642. The molecule has 2 aromatic rings. The van der Waals surface area contributed by atoms with E-state index in [0.29, 0.717) is 11.6 Å². The predicted octanol–water partition coefficient (Wildman–Crippen LogP) is 4.03. The van der Waals surface area contributed by atoms with Crippen LogP contribution < -0.4 is 10.2 Å². The lowest BCUT2D eigenvalue weighted by Gasteiger charge is -2.31. The molecule has 3 rings (SSSR count). The number of carbonyl (C=O) groups is 1. The Morgan fingerprint density at radius 2 is 1.89 bits per heavy atom. The Kier molecular flexibility index (Phi) is 3.36. The summed E-state index contributed by atoms with van der Waals surface area (Å²) in [6.45, 7) is 0.315. The second kappa shape index (κ2) is 5.02. The molecular formula is C14H10ClIN2O. The zero-order valence-corrected chi connectivity index (χ0v) is 12.8. The molecule has 0 saturated heterocycles. The molecule has 0 saturated carbocycles. The fourth-order valence-electron chi connectivity index (χ4n) is 2.11. The molecule has 1 aliphatic rings. The molecule has 0 aromatic heterocycles. The van der Waals surface area contributed by atoms with E-state index in [0.717, 1.165) is 20.6 Å². The summed E-state index contributed by atoms with van der Waals surface area (Å²) in [6.07, 6.45) is 0. The number of amides is 1. The van der Waals surface area contributed by atoms with Crippen molar-refractivity contribution >= 4 is 57.2 Å². The summed E-state index contributed by atoms with van der Waals surface area (Å²) in [5, 5.41) is 3.59. The van der Waals surface area contributed by atoms with Gasteiger partial charge in [0, 0.05) is 14.3 Å². The lowest BCUT2D eigenvalue weighted by Crippen LogP contribution is -2.35. The van der Waals surface area contributed by atoms with E-state index in [1.165, 1.54) is 0 Å². The van der Waals surface area contributed by atoms with E-state index in [1.54, 1.807) is 0 Å². The van der Waals surface area contributed by atoms with Gasteiger partial charge in [0.15, 0.2) is 0 Å². The van der Waals surface area contributed by atoms with Crippen molar-refractivity contribution in [1.82, 2.24) is 0 Å². The van der Waals surface area contributed by atoms with Crippen LogP contribution in [-0.2, 0) is 4.79 Å². The molecule has 3 nitrogen and oxygen atoms in total. The van der Waals surface area contributed by atoms with Crippen molar-refractivity contribution in [2.75, 3.05) is 16.8 Å². The van der Waals surface area contributed by atoms with Crippen LogP contribution in [0.25, 0.3) is 0 Å². The fourth-order valence-corrected chi connectivity index (χ4v) is 2.73. The van der Waals surface area contributed by atoms with Crippen LogP contribution in [-0.4, -0.2) is 12.5 Å². The topological polar surface area (TPSA) is 32.3 Å². The van der Waals surface area contributed by atoms with Gasteiger partial charge >= 0.3 is 0 Å². The minimum Gasteiger partial charge on any atom is -0.330 e. The number of anilines is 3. The van der Waals surface area contributed by atoms with Gasteiger partial charge in [0.05, 0.1) is 11.4 Å². The third kappa shape index (κ3) is 2.55. The highest BCUT2D eigenvalue weighted by Crippen LogP contribution is 2.36. The number of rotatable bonds is 1. The average Bonchev–Trinajstić information content (AvgIpc) is 2.38. The summed E-state index contributed by atoms with van der Waals surface area (Å²) in [7, 11) is 0. The van der Waals surface area contributed by atoms with Crippen LogP contribution in [0.15, 0.2) is 42.5 Å². The number of benzene rings is 2. The number of nitrogens with zero attached hydrogens (tertiary/aromatic N) is 1. The SMILES string of the molecule is O=C1CN(c2ccc(Cl)cc2)c2ccc(I)cc2N1. The van der Waals surface area contributed by atoms with Gasteiger partial charge in [0.2, 0.25) is 5.91 Å². The summed E-state index contributed by atoms with van der Waals surface area (Å²) in [4.78, 5) is 13.8. The first-order valence-corrected chi connectivity index (χ1v) is 7.22. The van der Waals surface area contributed by atoms with Crippen molar-refractivity contribution < 1.29 is 4.79 Å². The maximum atomic E-state index is 11.8. The smallest absolute Gasteiger partial charge is 0.244 e. The summed E-state index contributed by atoms with van der Waals surface area (Å²) in [5.74, 6) is -0.00977. The van der Waals surface area contributed by atoms with Crippen molar-refractivity contribution in [2.24, 2.45) is 0 Å². The molecule has 1 N–H and O–H groups in total. The first kappa shape index (κ1) is 12.7. The molecule has 1 aliphatic heterocycles. The summed E-state index contributed by atoms with van der Waals surface area (Å²) in [5.41, 5.74) is 2.81. The van der Waals surface area contributed by atoms with Gasteiger partial charge in [-0.1, -0.05) is 11.6 Å². The Balaban J connectivity index is 2.08. The summed E-state index contributed by atoms with van der Waals surface area (Å²) in [6, 6.07) is 13.5. The van der Waals surface area contributed by atoms with Crippen LogP contribution in [0.2, 0.25) is 5.02 Å². The minimum absolute atomic E-state index is 0.00977. The van der Waals surface area contributed by atoms with E-state index in [-0.39, 0.29) is 5.91 Å². The minimum atomic E-state index is -0.00977. The Morgan fingerprint density at radius 3 is 2.63 bits per heavy atom. The molecule has 96 valence electrons. The van der Waals surface area contributed by atoms with E-state index in [9.17, 15) is 4.79 Å². The van der Waals surface area contributed by atoms with Crippen molar-refractivity contribution in [1.29, 1.82) is 0 Å². The monoisotopic (exact) mass is 384 g/mol. The van der Waals surface area contributed by atoms with Gasteiger partial charge in [-0.2, -0.15) is 0 Å². The molecule has 0 spiro atoms. The number of hydrogen-bond donors (Lipinski definition) is 1. The van der Waals surface area contributed by atoms with Crippen LogP contribution in [0.1, 0.15) is 0 Å². The van der Waals surface area contributed by atoms with E-state index in [1.807, 2.05) is 47.4 Å². The highest BCUT2D eigenvalue weighted by atomic mass is 127. The first-order valence-electron chi connectivity index (χ1n) is 5.76. The normalized spacial score (nSPS) is 14.0. The third-order valence-electron chi connectivity index (χ3n) is 2.96. The Labute approximate surface area is 129 Å². The molecule has 0 radical (unpaired) electrons. The van der Waals surface area contributed by atoms with Gasteiger partial charge in [0.25, 0.3) is 0 Å². The number of hydrogen-bond acceptors (Lipinski definition) is 2. The maximum absolute atomic E-state index is 11.8. The number of carbonyl (C=O) groups excluding carboxylic acids is 1. The van der Waals surface area contributed by atoms with Gasteiger partial charge in [-0.05, 0) is 65.1 Å². The zero-order chi connectivity index (χ0) is 13.4. The molecule has 5 heteroatoms. The molecule has 0 aliphatic carbocycles. The first-order chi connectivity index (χ1) is 9.13. The van der Waals surface area contributed by atoms with E-state index in [2.05, 4.69) is 27.9 Å². The average molecular weight is 385 g/mol. The molecule has 1 heterocycles. The molecule has 0 bridgehead atoms. The quantitative estimate of drug-likeness (QED) is 0.753. The molecule has 1 amide bonds. The van der Waals surface area contributed by atoms with E-state index in [4.69, 9.17) is 11.6 Å². The lowest BCUT2D eigenvalue weighted by atomic mass is 10.1. The van der Waals surface area contributed by atoms with Gasteiger partial charge in [-0.25, -0.2) is 0 Å². The molecule has 0 fully saturated rings. The van der Waals surface area contributed by atoms with E-state index < -0.39 is 0 Å². The molecule has 2 aromatic carbocycles. The third-order valence-corrected chi connectivity index (χ3v) is 3.89. The number of fused-ring (bicyclic) bond motifs is 1. The second-order valence-corrected chi connectivity index (χ2v) is 5.95. The van der Waals surface area contributed by atoms with Crippen LogP contribution >= 0.6 is 34.2 Å². The fraction of sp³-hybridized carbons (Fsp3) is 0.0714. The standard InChI is InChI=1S/C14H10ClIN2O/c15-9-1-4-11(5-2-9)18-8-14(19)17-12-7-10(16)3-6-13(12)18/h1-7H,8H2,(H,17,19). The van der Waals surface area contributed by atoms with Crippen LogP contribution in [0.5, 0.6) is 0 Å². The molecule has 0 atom stereocenters.